The normalized spacial score (nSPS) is 12.2. The molecule has 1 amide bonds. The molecule has 0 fully saturated rings. The monoisotopic (exact) mass is 474 g/mol. The van der Waals surface area contributed by atoms with Crippen molar-refractivity contribution in [2.24, 2.45) is 4.99 Å². The van der Waals surface area contributed by atoms with Crippen molar-refractivity contribution in [3.8, 4) is 0 Å². The topological polar surface area (TPSA) is 91.8 Å². The lowest BCUT2D eigenvalue weighted by Crippen LogP contribution is -2.39. The van der Waals surface area contributed by atoms with Gasteiger partial charge in [0.2, 0.25) is 0 Å². The van der Waals surface area contributed by atoms with Crippen LogP contribution in [0.5, 0.6) is 0 Å². The van der Waals surface area contributed by atoms with Crippen molar-refractivity contribution in [2.45, 2.75) is 33.2 Å². The van der Waals surface area contributed by atoms with E-state index < -0.39 is 0 Å². The van der Waals surface area contributed by atoms with Crippen LogP contribution in [-0.2, 0) is 0 Å². The van der Waals surface area contributed by atoms with Crippen LogP contribution in [0, 0.1) is 13.8 Å². The Bertz CT molecular complexity index is 724. The van der Waals surface area contributed by atoms with Gasteiger partial charge < -0.3 is 24.8 Å². The van der Waals surface area contributed by atoms with Crippen LogP contribution in [0.1, 0.15) is 47.0 Å². The molecule has 7 nitrogen and oxygen atoms in total. The van der Waals surface area contributed by atoms with E-state index in [0.717, 1.165) is 23.5 Å². The second-order valence-corrected chi connectivity index (χ2v) is 5.86. The third-order valence-electron chi connectivity index (χ3n) is 3.76. The van der Waals surface area contributed by atoms with Crippen molar-refractivity contribution >= 4 is 35.8 Å². The van der Waals surface area contributed by atoms with E-state index in [-0.39, 0.29) is 35.9 Å². The smallest absolute Gasteiger partial charge is 0.287 e. The number of carbonyl (C=O) groups excluding carboxylic acids is 1. The molecule has 0 spiro atoms. The number of hydrogen-bond acceptors (Lipinski definition) is 4. The number of hydrogen-bond donors (Lipinski definition) is 3. The minimum Gasteiger partial charge on any atom is -0.464 e. The molecule has 1 unspecified atom stereocenters. The summed E-state index contributed by atoms with van der Waals surface area (Å²) in [4.78, 5) is 16.1. The first-order valence-corrected chi connectivity index (χ1v) is 8.37. The molecule has 0 aromatic carbocycles. The van der Waals surface area contributed by atoms with Gasteiger partial charge in [0.15, 0.2) is 11.7 Å². The maximum absolute atomic E-state index is 11.9. The molecule has 2 aromatic heterocycles. The lowest BCUT2D eigenvalue weighted by atomic mass is 10.2. The SMILES string of the molecule is CN=C(NCCCNC(=O)c1occc1C)NC(C)c1ccc(C)o1.I. The fraction of sp³-hybridized carbons (Fsp3) is 0.444. The van der Waals surface area contributed by atoms with Gasteiger partial charge in [0, 0.05) is 25.7 Å². The van der Waals surface area contributed by atoms with Crippen LogP contribution >= 0.6 is 24.0 Å². The number of halogens is 1. The molecule has 26 heavy (non-hydrogen) atoms. The standard InChI is InChI=1S/C18H26N4O3.HI/c1-12-8-11-24-16(12)17(23)20-9-5-10-21-18(19-4)22-14(3)15-7-6-13(2)25-15;/h6-8,11,14H,5,9-10H2,1-4H3,(H,20,23)(H2,19,21,22);1H. The number of amides is 1. The molecule has 144 valence electrons. The minimum absolute atomic E-state index is 0. The van der Waals surface area contributed by atoms with Crippen molar-refractivity contribution in [1.82, 2.24) is 16.0 Å². The number of nitrogens with zero attached hydrogens (tertiary/aromatic N) is 1. The van der Waals surface area contributed by atoms with Crippen LogP contribution in [0.15, 0.2) is 38.3 Å². The molecule has 0 aliphatic heterocycles. The predicted molar refractivity (Wildman–Crippen MR) is 112 cm³/mol. The number of rotatable bonds is 7. The molecule has 0 bridgehead atoms. The van der Waals surface area contributed by atoms with E-state index in [2.05, 4.69) is 20.9 Å². The summed E-state index contributed by atoms with van der Waals surface area (Å²) in [6, 6.07) is 5.68. The largest absolute Gasteiger partial charge is 0.464 e. The fourth-order valence-corrected chi connectivity index (χ4v) is 2.34. The molecular formula is C18H27IN4O3. The van der Waals surface area contributed by atoms with Gasteiger partial charge in [0.1, 0.15) is 11.5 Å². The molecule has 1 atom stereocenters. The first-order valence-electron chi connectivity index (χ1n) is 8.37. The van der Waals surface area contributed by atoms with Crippen LogP contribution < -0.4 is 16.0 Å². The third kappa shape index (κ3) is 6.40. The van der Waals surface area contributed by atoms with Crippen molar-refractivity contribution < 1.29 is 13.6 Å². The predicted octanol–water partition coefficient (Wildman–Crippen LogP) is 3.15. The molecule has 3 N–H and O–H groups in total. The Morgan fingerprint density at radius 3 is 2.50 bits per heavy atom. The quantitative estimate of drug-likeness (QED) is 0.248. The number of nitrogens with one attached hydrogen (secondary N) is 3. The van der Waals surface area contributed by atoms with E-state index in [1.807, 2.05) is 32.9 Å². The average Bonchev–Trinajstić information content (AvgIpc) is 3.21. The second kappa shape index (κ2) is 10.9. The summed E-state index contributed by atoms with van der Waals surface area (Å²) in [5.74, 6) is 2.62. The molecule has 2 heterocycles. The molecule has 0 radical (unpaired) electrons. The van der Waals surface area contributed by atoms with E-state index in [9.17, 15) is 4.79 Å². The molecule has 2 aromatic rings. The average molecular weight is 474 g/mol. The highest BCUT2D eigenvalue weighted by atomic mass is 127. The Morgan fingerprint density at radius 1 is 1.19 bits per heavy atom. The molecule has 0 saturated heterocycles. The van der Waals surface area contributed by atoms with Gasteiger partial charge >= 0.3 is 0 Å². The van der Waals surface area contributed by atoms with Crippen LogP contribution in [0.2, 0.25) is 0 Å². The zero-order chi connectivity index (χ0) is 18.2. The summed E-state index contributed by atoms with van der Waals surface area (Å²) >= 11 is 0. The molecule has 0 aliphatic carbocycles. The number of aliphatic imine (C=N–C) groups is 1. The van der Waals surface area contributed by atoms with Crippen molar-refractivity contribution in [1.29, 1.82) is 0 Å². The number of aryl methyl sites for hydroxylation is 2. The van der Waals surface area contributed by atoms with Gasteiger partial charge in [-0.05, 0) is 45.4 Å². The lowest BCUT2D eigenvalue weighted by molar-refractivity contribution is 0.0925. The van der Waals surface area contributed by atoms with E-state index >= 15 is 0 Å². The summed E-state index contributed by atoms with van der Waals surface area (Å²) in [5, 5.41) is 9.33. The van der Waals surface area contributed by atoms with Crippen LogP contribution in [0.3, 0.4) is 0 Å². The van der Waals surface area contributed by atoms with Crippen LogP contribution in [0.25, 0.3) is 0 Å². The van der Waals surface area contributed by atoms with Gasteiger partial charge in [-0.1, -0.05) is 0 Å². The highest BCUT2D eigenvalue weighted by molar-refractivity contribution is 14.0. The van der Waals surface area contributed by atoms with E-state index in [1.54, 1.807) is 13.1 Å². The Balaban J connectivity index is 0.00000338. The Hall–Kier alpha value is -1.97. The molecule has 0 aliphatic rings. The summed E-state index contributed by atoms with van der Waals surface area (Å²) in [7, 11) is 1.72. The van der Waals surface area contributed by atoms with Gasteiger partial charge in [-0.25, -0.2) is 0 Å². The summed E-state index contributed by atoms with van der Waals surface area (Å²) < 4.78 is 10.8. The van der Waals surface area contributed by atoms with Gasteiger partial charge in [-0.15, -0.1) is 24.0 Å². The molecule has 0 saturated carbocycles. The second-order valence-electron chi connectivity index (χ2n) is 5.86. The summed E-state index contributed by atoms with van der Waals surface area (Å²) in [6.07, 6.45) is 2.28. The fourth-order valence-electron chi connectivity index (χ4n) is 2.34. The highest BCUT2D eigenvalue weighted by Crippen LogP contribution is 2.15. The number of carbonyl (C=O) groups is 1. The van der Waals surface area contributed by atoms with E-state index in [1.165, 1.54) is 6.26 Å². The number of furan rings is 2. The van der Waals surface area contributed by atoms with Gasteiger partial charge in [0.25, 0.3) is 5.91 Å². The summed E-state index contributed by atoms with van der Waals surface area (Å²) in [5.41, 5.74) is 0.836. The van der Waals surface area contributed by atoms with Crippen molar-refractivity contribution in [3.63, 3.8) is 0 Å². The first-order chi connectivity index (χ1) is 12.0. The molecule has 2 rings (SSSR count). The summed E-state index contributed by atoms with van der Waals surface area (Å²) in [6.45, 7) is 7.01. The van der Waals surface area contributed by atoms with E-state index in [0.29, 0.717) is 24.8 Å². The Morgan fingerprint density at radius 2 is 1.92 bits per heavy atom. The Labute approximate surface area is 171 Å². The zero-order valence-corrected chi connectivity index (χ0v) is 17.9. The van der Waals surface area contributed by atoms with Crippen molar-refractivity contribution in [3.05, 3.63) is 47.3 Å². The Kier molecular flexibility index (Phi) is 9.25. The highest BCUT2D eigenvalue weighted by Gasteiger charge is 2.12. The van der Waals surface area contributed by atoms with Gasteiger partial charge in [0.05, 0.1) is 12.3 Å². The maximum Gasteiger partial charge on any atom is 0.287 e. The maximum atomic E-state index is 11.9. The van der Waals surface area contributed by atoms with E-state index in [4.69, 9.17) is 8.83 Å². The van der Waals surface area contributed by atoms with Gasteiger partial charge in [-0.2, -0.15) is 0 Å². The van der Waals surface area contributed by atoms with Crippen LogP contribution in [0.4, 0.5) is 0 Å². The van der Waals surface area contributed by atoms with Crippen molar-refractivity contribution in [2.75, 3.05) is 20.1 Å². The minimum atomic E-state index is -0.188. The molecule has 8 heteroatoms. The lowest BCUT2D eigenvalue weighted by Gasteiger charge is -2.16. The van der Waals surface area contributed by atoms with Gasteiger partial charge in [-0.3, -0.25) is 9.79 Å². The molecular weight excluding hydrogens is 447 g/mol. The van der Waals surface area contributed by atoms with Crippen LogP contribution in [-0.4, -0.2) is 32.0 Å². The third-order valence-corrected chi connectivity index (χ3v) is 3.76. The number of guanidine groups is 1. The zero-order valence-electron chi connectivity index (χ0n) is 15.6. The first kappa shape index (κ1) is 22.1.